The Balaban J connectivity index is 2.97. The van der Waals surface area contributed by atoms with Gasteiger partial charge in [-0.1, -0.05) is 35.9 Å². The summed E-state index contributed by atoms with van der Waals surface area (Å²) < 4.78 is 1.29. The molecule has 0 aliphatic carbocycles. The third-order valence-corrected chi connectivity index (χ3v) is 2.54. The van der Waals surface area contributed by atoms with Crippen molar-refractivity contribution >= 4 is 22.6 Å². The Kier molecular flexibility index (Phi) is 9.33. The first-order valence-electron chi connectivity index (χ1n) is 4.60. The minimum absolute atomic E-state index is 0.717. The van der Waals surface area contributed by atoms with Gasteiger partial charge in [-0.25, -0.2) is 0 Å². The average Bonchev–Trinajstić information content (AvgIpc) is 1.99. The SMILES string of the molecule is CCCC(C)NCCCCI. The molecule has 0 rings (SSSR count). The van der Waals surface area contributed by atoms with Crippen LogP contribution in [0.15, 0.2) is 0 Å². The van der Waals surface area contributed by atoms with Crippen LogP contribution in [-0.4, -0.2) is 17.0 Å². The van der Waals surface area contributed by atoms with Crippen LogP contribution in [0.5, 0.6) is 0 Å². The zero-order chi connectivity index (χ0) is 8.53. The van der Waals surface area contributed by atoms with Crippen molar-refractivity contribution in [2.24, 2.45) is 0 Å². The van der Waals surface area contributed by atoms with E-state index in [0.717, 1.165) is 0 Å². The van der Waals surface area contributed by atoms with Crippen molar-refractivity contribution in [1.82, 2.24) is 5.32 Å². The molecule has 0 aliphatic rings. The van der Waals surface area contributed by atoms with Gasteiger partial charge < -0.3 is 5.32 Å². The number of rotatable bonds is 7. The van der Waals surface area contributed by atoms with Crippen LogP contribution in [0.3, 0.4) is 0 Å². The Morgan fingerprint density at radius 1 is 1.36 bits per heavy atom. The largest absolute Gasteiger partial charge is 0.314 e. The highest BCUT2D eigenvalue weighted by Gasteiger charge is 1.96. The van der Waals surface area contributed by atoms with Crippen molar-refractivity contribution in [1.29, 1.82) is 0 Å². The molecule has 68 valence electrons. The predicted octanol–water partition coefficient (Wildman–Crippen LogP) is 2.98. The molecule has 0 spiro atoms. The predicted molar refractivity (Wildman–Crippen MR) is 60.5 cm³/mol. The van der Waals surface area contributed by atoms with Gasteiger partial charge in [0.2, 0.25) is 0 Å². The van der Waals surface area contributed by atoms with Gasteiger partial charge in [-0.15, -0.1) is 0 Å². The van der Waals surface area contributed by atoms with Gasteiger partial charge in [0.25, 0.3) is 0 Å². The minimum atomic E-state index is 0.717. The van der Waals surface area contributed by atoms with Gasteiger partial charge in [-0.2, -0.15) is 0 Å². The number of hydrogen-bond acceptors (Lipinski definition) is 1. The van der Waals surface area contributed by atoms with E-state index in [2.05, 4.69) is 41.8 Å². The highest BCUT2D eigenvalue weighted by Crippen LogP contribution is 1.96. The first-order valence-corrected chi connectivity index (χ1v) is 6.13. The number of unbranched alkanes of at least 4 members (excludes halogenated alkanes) is 1. The van der Waals surface area contributed by atoms with E-state index < -0.39 is 0 Å². The third kappa shape index (κ3) is 8.60. The Bertz CT molecular complexity index is 76.0. The maximum absolute atomic E-state index is 3.52. The van der Waals surface area contributed by atoms with Crippen LogP contribution in [0.2, 0.25) is 0 Å². The standard InChI is InChI=1S/C9H20IN/c1-3-6-9(2)11-8-5-4-7-10/h9,11H,3-8H2,1-2H3. The van der Waals surface area contributed by atoms with E-state index in [1.807, 2.05) is 0 Å². The van der Waals surface area contributed by atoms with E-state index in [1.54, 1.807) is 0 Å². The normalized spacial score (nSPS) is 13.4. The maximum atomic E-state index is 3.52. The van der Waals surface area contributed by atoms with Crippen molar-refractivity contribution in [2.75, 3.05) is 11.0 Å². The molecule has 0 saturated heterocycles. The molecule has 11 heavy (non-hydrogen) atoms. The molecule has 0 aliphatic heterocycles. The topological polar surface area (TPSA) is 12.0 Å². The molecule has 0 radical (unpaired) electrons. The molecule has 0 aromatic rings. The molecule has 0 bridgehead atoms. The highest BCUT2D eigenvalue weighted by atomic mass is 127. The lowest BCUT2D eigenvalue weighted by Crippen LogP contribution is -2.26. The van der Waals surface area contributed by atoms with Crippen LogP contribution in [0, 0.1) is 0 Å². The van der Waals surface area contributed by atoms with E-state index >= 15 is 0 Å². The molecule has 0 amide bonds. The van der Waals surface area contributed by atoms with Gasteiger partial charge in [-0.3, -0.25) is 0 Å². The van der Waals surface area contributed by atoms with E-state index in [-0.39, 0.29) is 0 Å². The molecule has 0 aromatic carbocycles. The van der Waals surface area contributed by atoms with Gasteiger partial charge in [0.15, 0.2) is 0 Å². The lowest BCUT2D eigenvalue weighted by atomic mass is 10.2. The Hall–Kier alpha value is 0.690. The summed E-state index contributed by atoms with van der Waals surface area (Å²) in [7, 11) is 0. The summed E-state index contributed by atoms with van der Waals surface area (Å²) in [6.07, 6.45) is 5.29. The van der Waals surface area contributed by atoms with E-state index in [9.17, 15) is 0 Å². The molecule has 1 N–H and O–H groups in total. The zero-order valence-corrected chi connectivity index (χ0v) is 9.86. The highest BCUT2D eigenvalue weighted by molar-refractivity contribution is 14.1. The summed E-state index contributed by atoms with van der Waals surface area (Å²) in [5.41, 5.74) is 0. The fourth-order valence-electron chi connectivity index (χ4n) is 1.10. The smallest absolute Gasteiger partial charge is 0.00386 e. The summed E-state index contributed by atoms with van der Waals surface area (Å²) in [6.45, 7) is 5.71. The van der Waals surface area contributed by atoms with Crippen LogP contribution < -0.4 is 5.32 Å². The Labute approximate surface area is 84.5 Å². The summed E-state index contributed by atoms with van der Waals surface area (Å²) in [6, 6.07) is 0.717. The summed E-state index contributed by atoms with van der Waals surface area (Å²) in [4.78, 5) is 0. The molecule has 0 heterocycles. The van der Waals surface area contributed by atoms with Crippen molar-refractivity contribution in [3.63, 3.8) is 0 Å². The van der Waals surface area contributed by atoms with Crippen molar-refractivity contribution in [3.05, 3.63) is 0 Å². The Morgan fingerprint density at radius 2 is 2.09 bits per heavy atom. The number of alkyl halides is 1. The fraction of sp³-hybridized carbons (Fsp3) is 1.00. The molecule has 2 heteroatoms. The van der Waals surface area contributed by atoms with Gasteiger partial charge >= 0.3 is 0 Å². The van der Waals surface area contributed by atoms with Gasteiger partial charge in [0.1, 0.15) is 0 Å². The molecular formula is C9H20IN. The molecule has 1 unspecified atom stereocenters. The first-order chi connectivity index (χ1) is 5.31. The number of hydrogen-bond donors (Lipinski definition) is 1. The quantitative estimate of drug-likeness (QED) is 0.425. The zero-order valence-electron chi connectivity index (χ0n) is 7.70. The molecule has 1 nitrogen and oxygen atoms in total. The van der Waals surface area contributed by atoms with Crippen LogP contribution in [0.1, 0.15) is 39.5 Å². The molecule has 0 aromatic heterocycles. The molecule has 0 fully saturated rings. The number of halogens is 1. The minimum Gasteiger partial charge on any atom is -0.314 e. The van der Waals surface area contributed by atoms with Gasteiger partial charge in [-0.05, 0) is 37.2 Å². The third-order valence-electron chi connectivity index (χ3n) is 1.77. The van der Waals surface area contributed by atoms with Crippen molar-refractivity contribution < 1.29 is 0 Å². The second kappa shape index (κ2) is 8.78. The van der Waals surface area contributed by atoms with E-state index in [1.165, 1.54) is 36.7 Å². The van der Waals surface area contributed by atoms with E-state index in [0.29, 0.717) is 6.04 Å². The molecule has 0 saturated carbocycles. The second-order valence-corrected chi connectivity index (χ2v) is 4.12. The van der Waals surface area contributed by atoms with Gasteiger partial charge in [0.05, 0.1) is 0 Å². The van der Waals surface area contributed by atoms with Crippen molar-refractivity contribution in [2.45, 2.75) is 45.6 Å². The first kappa shape index (κ1) is 11.7. The number of nitrogens with one attached hydrogen (secondary N) is 1. The Morgan fingerprint density at radius 3 is 2.64 bits per heavy atom. The molecular weight excluding hydrogens is 249 g/mol. The van der Waals surface area contributed by atoms with Crippen molar-refractivity contribution in [3.8, 4) is 0 Å². The van der Waals surface area contributed by atoms with Crippen LogP contribution >= 0.6 is 22.6 Å². The second-order valence-electron chi connectivity index (χ2n) is 3.04. The van der Waals surface area contributed by atoms with Crippen LogP contribution in [0.25, 0.3) is 0 Å². The van der Waals surface area contributed by atoms with Crippen LogP contribution in [-0.2, 0) is 0 Å². The lowest BCUT2D eigenvalue weighted by Gasteiger charge is -2.11. The fourth-order valence-corrected chi connectivity index (χ4v) is 1.64. The monoisotopic (exact) mass is 269 g/mol. The maximum Gasteiger partial charge on any atom is 0.00386 e. The summed E-state index contributed by atoms with van der Waals surface area (Å²) >= 11 is 2.43. The summed E-state index contributed by atoms with van der Waals surface area (Å²) in [5, 5.41) is 3.52. The molecule has 1 atom stereocenters. The lowest BCUT2D eigenvalue weighted by molar-refractivity contribution is 0.500. The van der Waals surface area contributed by atoms with Crippen LogP contribution in [0.4, 0.5) is 0 Å². The average molecular weight is 269 g/mol. The summed E-state index contributed by atoms with van der Waals surface area (Å²) in [5.74, 6) is 0. The van der Waals surface area contributed by atoms with E-state index in [4.69, 9.17) is 0 Å². The van der Waals surface area contributed by atoms with Gasteiger partial charge in [0, 0.05) is 6.04 Å².